The highest BCUT2D eigenvalue weighted by atomic mass is 32.1. The van der Waals surface area contributed by atoms with Crippen molar-refractivity contribution in [1.82, 2.24) is 19.9 Å². The molecule has 0 radical (unpaired) electrons. The number of nitrogens with zero attached hydrogens (tertiary/aromatic N) is 5. The van der Waals surface area contributed by atoms with Crippen LogP contribution in [0.5, 0.6) is 0 Å². The smallest absolute Gasteiger partial charge is 0.321 e. The Morgan fingerprint density at radius 1 is 1.23 bits per heavy atom. The third-order valence-corrected chi connectivity index (χ3v) is 5.05. The van der Waals surface area contributed by atoms with Crippen LogP contribution in [0.1, 0.15) is 5.56 Å². The third kappa shape index (κ3) is 3.25. The number of anilines is 3. The summed E-state index contributed by atoms with van der Waals surface area (Å²) in [4.78, 5) is 30.1. The van der Waals surface area contributed by atoms with Crippen molar-refractivity contribution >= 4 is 45.2 Å². The minimum Gasteiger partial charge on any atom is -0.368 e. The lowest BCUT2D eigenvalue weighted by atomic mass is 10.2. The van der Waals surface area contributed by atoms with Crippen LogP contribution >= 0.6 is 11.3 Å². The second-order valence-corrected chi connectivity index (χ2v) is 7.02. The number of aromatic nitrogens is 3. The Labute approximate surface area is 154 Å². The van der Waals surface area contributed by atoms with Gasteiger partial charge in [-0.05, 0) is 24.6 Å². The number of hydrogen-bond acceptors (Lipinski definition) is 7. The molecule has 2 amide bonds. The quantitative estimate of drug-likeness (QED) is 0.719. The first kappa shape index (κ1) is 16.5. The number of hydrogen-bond donors (Lipinski definition) is 2. The fourth-order valence-corrected chi connectivity index (χ4v) is 3.69. The van der Waals surface area contributed by atoms with Crippen molar-refractivity contribution in [1.29, 1.82) is 0 Å². The summed E-state index contributed by atoms with van der Waals surface area (Å²) in [6.07, 6.45) is 0. The molecule has 3 heterocycles. The van der Waals surface area contributed by atoms with Crippen molar-refractivity contribution in [2.24, 2.45) is 0 Å². The van der Waals surface area contributed by atoms with Crippen molar-refractivity contribution in [3.05, 3.63) is 35.3 Å². The fraction of sp³-hybridized carbons (Fsp3) is 0.294. The maximum Gasteiger partial charge on any atom is 0.321 e. The summed E-state index contributed by atoms with van der Waals surface area (Å²) in [6, 6.07) is 7.69. The van der Waals surface area contributed by atoms with Crippen molar-refractivity contribution in [3.8, 4) is 0 Å². The molecule has 0 saturated carbocycles. The summed E-state index contributed by atoms with van der Waals surface area (Å²) < 4.78 is 0. The van der Waals surface area contributed by atoms with Crippen LogP contribution in [0.2, 0.25) is 0 Å². The van der Waals surface area contributed by atoms with E-state index in [-0.39, 0.29) is 12.0 Å². The van der Waals surface area contributed by atoms with E-state index in [9.17, 15) is 4.79 Å². The summed E-state index contributed by atoms with van der Waals surface area (Å²) in [5.74, 6) is 0.990. The molecule has 2 aromatic heterocycles. The topological polar surface area (TPSA) is 100 Å². The molecule has 8 nitrogen and oxygen atoms in total. The molecule has 0 atom stereocenters. The minimum atomic E-state index is -0.0868. The van der Waals surface area contributed by atoms with Crippen LogP contribution in [-0.4, -0.2) is 52.1 Å². The number of carbonyl (C=O) groups excluding carboxylic acids is 1. The molecule has 9 heteroatoms. The Bertz CT molecular complexity index is 949. The molecule has 0 aliphatic carbocycles. The van der Waals surface area contributed by atoms with Crippen molar-refractivity contribution < 1.29 is 4.79 Å². The molecule has 3 aromatic rings. The lowest BCUT2D eigenvalue weighted by molar-refractivity contribution is 0.208. The Kier molecular flexibility index (Phi) is 4.29. The van der Waals surface area contributed by atoms with Gasteiger partial charge in [0.1, 0.15) is 5.52 Å². The van der Waals surface area contributed by atoms with E-state index >= 15 is 0 Å². The largest absolute Gasteiger partial charge is 0.368 e. The normalized spacial score (nSPS) is 14.7. The highest BCUT2D eigenvalue weighted by Gasteiger charge is 2.24. The molecule has 4 rings (SSSR count). The number of aryl methyl sites for hydroxylation is 1. The van der Waals surface area contributed by atoms with Crippen molar-refractivity contribution in [3.63, 3.8) is 0 Å². The first-order chi connectivity index (χ1) is 12.6. The predicted molar refractivity (Wildman–Crippen MR) is 104 cm³/mol. The Morgan fingerprint density at radius 3 is 2.81 bits per heavy atom. The highest BCUT2D eigenvalue weighted by molar-refractivity contribution is 7.16. The average molecular weight is 369 g/mol. The second-order valence-electron chi connectivity index (χ2n) is 6.19. The SMILES string of the molecule is Cc1cccc(NC(=O)N2CCN(c3nc(N)nc4scnc34)CC2)c1. The van der Waals surface area contributed by atoms with E-state index in [0.29, 0.717) is 26.2 Å². The second kappa shape index (κ2) is 6.75. The number of benzene rings is 1. The average Bonchev–Trinajstić information content (AvgIpc) is 3.09. The van der Waals surface area contributed by atoms with Crippen LogP contribution in [0.15, 0.2) is 29.8 Å². The van der Waals surface area contributed by atoms with E-state index in [1.165, 1.54) is 11.3 Å². The molecular weight excluding hydrogens is 350 g/mol. The van der Waals surface area contributed by atoms with Gasteiger partial charge in [0.15, 0.2) is 10.6 Å². The number of amides is 2. The van der Waals surface area contributed by atoms with Crippen molar-refractivity contribution in [2.75, 3.05) is 42.1 Å². The summed E-state index contributed by atoms with van der Waals surface area (Å²) in [6.45, 7) is 4.55. The molecule has 0 bridgehead atoms. The Balaban J connectivity index is 1.43. The molecule has 1 fully saturated rings. The van der Waals surface area contributed by atoms with Crippen LogP contribution in [0.25, 0.3) is 10.3 Å². The lowest BCUT2D eigenvalue weighted by Crippen LogP contribution is -2.50. The standard InChI is InChI=1S/C17H19N7OS/c1-11-3-2-4-12(9-11)20-17(25)24-7-5-23(6-8-24)14-13-15(26-10-19-13)22-16(18)21-14/h2-4,9-10H,5-8H2,1H3,(H,20,25)(H2,18,21,22). The first-order valence-corrected chi connectivity index (χ1v) is 9.22. The van der Waals surface area contributed by atoms with Gasteiger partial charge in [0.2, 0.25) is 5.95 Å². The summed E-state index contributed by atoms with van der Waals surface area (Å²) >= 11 is 1.44. The molecule has 3 N–H and O–H groups in total. The maximum atomic E-state index is 12.5. The molecule has 26 heavy (non-hydrogen) atoms. The van der Waals surface area contributed by atoms with Gasteiger partial charge in [-0.2, -0.15) is 4.98 Å². The maximum absolute atomic E-state index is 12.5. The van der Waals surface area contributed by atoms with Gasteiger partial charge < -0.3 is 20.9 Å². The summed E-state index contributed by atoms with van der Waals surface area (Å²) in [5.41, 5.74) is 10.3. The van der Waals surface area contributed by atoms with Gasteiger partial charge in [-0.3, -0.25) is 0 Å². The minimum absolute atomic E-state index is 0.0868. The molecule has 1 saturated heterocycles. The van der Waals surface area contributed by atoms with Crippen LogP contribution in [0.3, 0.4) is 0 Å². The number of thiazole rings is 1. The first-order valence-electron chi connectivity index (χ1n) is 8.34. The van der Waals surface area contributed by atoms with E-state index < -0.39 is 0 Å². The van der Waals surface area contributed by atoms with Crippen LogP contribution in [0, 0.1) is 6.92 Å². The number of nitrogen functional groups attached to an aromatic ring is 1. The molecule has 134 valence electrons. The lowest BCUT2D eigenvalue weighted by Gasteiger charge is -2.35. The predicted octanol–water partition coefficient (Wildman–Crippen LogP) is 2.33. The fourth-order valence-electron chi connectivity index (χ4n) is 3.03. The van der Waals surface area contributed by atoms with E-state index in [1.54, 1.807) is 5.51 Å². The molecule has 1 aliphatic rings. The van der Waals surface area contributed by atoms with Crippen molar-refractivity contribution in [2.45, 2.75) is 6.92 Å². The molecule has 1 aliphatic heterocycles. The number of piperazine rings is 1. The van der Waals surface area contributed by atoms with Gasteiger partial charge in [0.25, 0.3) is 0 Å². The number of nitrogens with one attached hydrogen (secondary N) is 1. The van der Waals surface area contributed by atoms with Crippen LogP contribution < -0.4 is 16.0 Å². The summed E-state index contributed by atoms with van der Waals surface area (Å²) in [7, 11) is 0. The monoisotopic (exact) mass is 369 g/mol. The van der Waals surface area contributed by atoms with Gasteiger partial charge in [0.05, 0.1) is 5.51 Å². The Hall–Kier alpha value is -2.94. The molecule has 0 spiro atoms. The van der Waals surface area contributed by atoms with E-state index in [0.717, 1.165) is 27.4 Å². The molecule has 0 unspecified atom stereocenters. The number of nitrogens with two attached hydrogens (primary N) is 1. The zero-order valence-corrected chi connectivity index (χ0v) is 15.2. The zero-order chi connectivity index (χ0) is 18.1. The highest BCUT2D eigenvalue weighted by Crippen LogP contribution is 2.26. The van der Waals surface area contributed by atoms with Gasteiger partial charge in [0, 0.05) is 31.9 Å². The Morgan fingerprint density at radius 2 is 2.04 bits per heavy atom. The summed E-state index contributed by atoms with van der Waals surface area (Å²) in [5, 5.41) is 2.95. The number of fused-ring (bicyclic) bond motifs is 1. The van der Waals surface area contributed by atoms with E-state index in [2.05, 4.69) is 25.2 Å². The van der Waals surface area contributed by atoms with Gasteiger partial charge in [-0.1, -0.05) is 12.1 Å². The number of urea groups is 1. The molecular formula is C17H19N7OS. The van der Waals surface area contributed by atoms with Gasteiger partial charge in [-0.25, -0.2) is 14.8 Å². The third-order valence-electron chi connectivity index (χ3n) is 4.33. The number of carbonyl (C=O) groups is 1. The van der Waals surface area contributed by atoms with Crippen LogP contribution in [-0.2, 0) is 0 Å². The molecule has 1 aromatic carbocycles. The van der Waals surface area contributed by atoms with Gasteiger partial charge >= 0.3 is 6.03 Å². The van der Waals surface area contributed by atoms with Gasteiger partial charge in [-0.15, -0.1) is 11.3 Å². The van der Waals surface area contributed by atoms with E-state index in [1.807, 2.05) is 36.1 Å². The van der Waals surface area contributed by atoms with Crippen LogP contribution in [0.4, 0.5) is 22.2 Å². The van der Waals surface area contributed by atoms with E-state index in [4.69, 9.17) is 5.73 Å². The number of rotatable bonds is 2. The zero-order valence-electron chi connectivity index (χ0n) is 14.3.